The molecule has 2 aromatic rings. The molecule has 1 heterocycles. The normalized spacial score (nSPS) is 21.3. The van der Waals surface area contributed by atoms with Gasteiger partial charge < -0.3 is 15.1 Å². The molecule has 0 aromatic heterocycles. The van der Waals surface area contributed by atoms with Gasteiger partial charge in [0, 0.05) is 36.9 Å². The van der Waals surface area contributed by atoms with E-state index in [2.05, 4.69) is 35.8 Å². The summed E-state index contributed by atoms with van der Waals surface area (Å²) in [7, 11) is 0. The van der Waals surface area contributed by atoms with Gasteiger partial charge in [0.25, 0.3) is 0 Å². The molecule has 2 aliphatic rings. The monoisotopic (exact) mass is 468 g/mol. The number of hydrogen-bond donors (Lipinski definition) is 2. The fourth-order valence-electron chi connectivity index (χ4n) is 5.19. The zero-order chi connectivity index (χ0) is 23.6. The van der Waals surface area contributed by atoms with Gasteiger partial charge in [0.05, 0.1) is 18.2 Å². The molecular formula is C27H33ClN2O3. The van der Waals surface area contributed by atoms with Crippen molar-refractivity contribution in [2.45, 2.75) is 39.2 Å². The third-order valence-electron chi connectivity index (χ3n) is 7.00. The molecule has 0 bridgehead atoms. The maximum Gasteiger partial charge on any atom is 0.335 e. The number of rotatable bonds is 6. The summed E-state index contributed by atoms with van der Waals surface area (Å²) in [5.41, 5.74) is 5.72. The second-order valence-corrected chi connectivity index (χ2v) is 10.5. The van der Waals surface area contributed by atoms with Crippen molar-refractivity contribution >= 4 is 28.8 Å². The van der Waals surface area contributed by atoms with Crippen LogP contribution in [0.5, 0.6) is 0 Å². The first-order valence-corrected chi connectivity index (χ1v) is 12.0. The number of piperazine rings is 1. The molecule has 0 saturated carbocycles. The lowest BCUT2D eigenvalue weighted by atomic mass is 9.72. The molecule has 33 heavy (non-hydrogen) atoms. The summed E-state index contributed by atoms with van der Waals surface area (Å²) in [5, 5.41) is 20.1. The number of carboxylic acids is 1. The van der Waals surface area contributed by atoms with Crippen LogP contribution in [0.4, 0.5) is 5.69 Å². The molecule has 5 nitrogen and oxygen atoms in total. The van der Waals surface area contributed by atoms with Gasteiger partial charge in [0.1, 0.15) is 0 Å². The Kier molecular flexibility index (Phi) is 7.13. The molecule has 1 fully saturated rings. The number of anilines is 1. The van der Waals surface area contributed by atoms with Crippen LogP contribution in [0.1, 0.15) is 49.0 Å². The fourth-order valence-corrected chi connectivity index (χ4v) is 5.31. The number of aliphatic hydroxyl groups excluding tert-OH is 1. The highest BCUT2D eigenvalue weighted by molar-refractivity contribution is 6.30. The summed E-state index contributed by atoms with van der Waals surface area (Å²) in [6, 6.07) is 15.1. The molecule has 0 spiro atoms. The van der Waals surface area contributed by atoms with Crippen molar-refractivity contribution in [2.24, 2.45) is 5.41 Å². The average Bonchev–Trinajstić information content (AvgIpc) is 2.79. The highest BCUT2D eigenvalue weighted by Gasteiger charge is 2.31. The van der Waals surface area contributed by atoms with Crippen LogP contribution in [0.2, 0.25) is 5.02 Å². The van der Waals surface area contributed by atoms with E-state index in [9.17, 15) is 9.90 Å². The topological polar surface area (TPSA) is 64.0 Å². The number of aliphatic hydroxyl groups is 1. The van der Waals surface area contributed by atoms with Gasteiger partial charge in [-0.1, -0.05) is 43.2 Å². The predicted molar refractivity (Wildman–Crippen MR) is 134 cm³/mol. The second kappa shape index (κ2) is 9.88. The first-order chi connectivity index (χ1) is 15.8. The van der Waals surface area contributed by atoms with E-state index in [0.717, 1.165) is 49.7 Å². The van der Waals surface area contributed by atoms with Crippen molar-refractivity contribution in [2.75, 3.05) is 37.7 Å². The zero-order valence-electron chi connectivity index (χ0n) is 19.4. The SMILES string of the molecule is CC1(C)CCC(c2ccc(Cl)cc2)=C(CN2CCN(c3ccc(C(=O)O)cc3)[C@H](CO)C2)C1. The van der Waals surface area contributed by atoms with Gasteiger partial charge in [-0.2, -0.15) is 0 Å². The standard InChI is InChI=1S/C27H33ClN2O3/c1-27(2)12-11-25(19-3-7-22(28)8-4-19)21(15-27)16-29-13-14-30(24(17-29)18-31)23-9-5-20(6-10-23)26(32)33/h3-10,24,31H,11-18H2,1-2H3,(H,32,33)/t24-/m0/s1. The van der Waals surface area contributed by atoms with Gasteiger partial charge in [0.15, 0.2) is 0 Å². The lowest BCUT2D eigenvalue weighted by Gasteiger charge is -2.43. The van der Waals surface area contributed by atoms with E-state index in [-0.39, 0.29) is 23.6 Å². The van der Waals surface area contributed by atoms with E-state index < -0.39 is 5.97 Å². The van der Waals surface area contributed by atoms with Gasteiger partial charge in [-0.25, -0.2) is 4.79 Å². The molecule has 0 unspecified atom stereocenters. The molecule has 4 rings (SSSR count). The van der Waals surface area contributed by atoms with Crippen molar-refractivity contribution in [1.82, 2.24) is 4.90 Å². The third kappa shape index (κ3) is 5.60. The molecule has 1 aliphatic heterocycles. The Morgan fingerprint density at radius 2 is 1.79 bits per heavy atom. The number of carboxylic acid groups (broad SMARTS) is 1. The molecule has 2 aromatic carbocycles. The Labute approximate surface area is 201 Å². The number of aromatic carboxylic acids is 1. The van der Waals surface area contributed by atoms with Crippen LogP contribution in [0.15, 0.2) is 54.1 Å². The summed E-state index contributed by atoms with van der Waals surface area (Å²) >= 11 is 6.13. The van der Waals surface area contributed by atoms with E-state index in [1.165, 1.54) is 23.1 Å². The molecule has 1 aliphatic carbocycles. The van der Waals surface area contributed by atoms with Gasteiger partial charge in [-0.05, 0) is 72.2 Å². The van der Waals surface area contributed by atoms with Crippen LogP contribution in [0, 0.1) is 5.41 Å². The number of halogens is 1. The van der Waals surface area contributed by atoms with Gasteiger partial charge in [0.2, 0.25) is 0 Å². The fraction of sp³-hybridized carbons (Fsp3) is 0.444. The Morgan fingerprint density at radius 3 is 2.42 bits per heavy atom. The first kappa shape index (κ1) is 23.8. The van der Waals surface area contributed by atoms with Gasteiger partial charge >= 0.3 is 5.97 Å². The highest BCUT2D eigenvalue weighted by atomic mass is 35.5. The lowest BCUT2D eigenvalue weighted by molar-refractivity contribution is 0.0697. The smallest absolute Gasteiger partial charge is 0.335 e. The number of benzene rings is 2. The highest BCUT2D eigenvalue weighted by Crippen LogP contribution is 2.43. The average molecular weight is 469 g/mol. The molecule has 6 heteroatoms. The van der Waals surface area contributed by atoms with Crippen molar-refractivity contribution < 1.29 is 15.0 Å². The van der Waals surface area contributed by atoms with Crippen LogP contribution in [-0.4, -0.2) is 59.9 Å². The largest absolute Gasteiger partial charge is 0.478 e. The summed E-state index contributed by atoms with van der Waals surface area (Å²) < 4.78 is 0. The molecule has 1 atom stereocenters. The van der Waals surface area contributed by atoms with Gasteiger partial charge in [-0.15, -0.1) is 0 Å². The lowest BCUT2D eigenvalue weighted by Crippen LogP contribution is -2.55. The zero-order valence-corrected chi connectivity index (χ0v) is 20.2. The molecule has 176 valence electrons. The first-order valence-electron chi connectivity index (χ1n) is 11.7. The van der Waals surface area contributed by atoms with E-state index >= 15 is 0 Å². The Hall–Kier alpha value is -2.34. The number of allylic oxidation sites excluding steroid dienone is 1. The Balaban J connectivity index is 1.52. The molecule has 1 saturated heterocycles. The summed E-state index contributed by atoms with van der Waals surface area (Å²) in [5.74, 6) is -0.926. The van der Waals surface area contributed by atoms with Crippen molar-refractivity contribution in [3.63, 3.8) is 0 Å². The Morgan fingerprint density at radius 1 is 1.09 bits per heavy atom. The quantitative estimate of drug-likeness (QED) is 0.611. The van der Waals surface area contributed by atoms with Crippen molar-refractivity contribution in [1.29, 1.82) is 0 Å². The van der Waals surface area contributed by atoms with E-state index in [1.54, 1.807) is 12.1 Å². The third-order valence-corrected chi connectivity index (χ3v) is 7.25. The number of hydrogen-bond acceptors (Lipinski definition) is 4. The number of carbonyl (C=O) groups is 1. The molecular weight excluding hydrogens is 436 g/mol. The van der Waals surface area contributed by atoms with Gasteiger partial charge in [-0.3, -0.25) is 4.90 Å². The molecule has 0 amide bonds. The number of nitrogens with zero attached hydrogens (tertiary/aromatic N) is 2. The minimum atomic E-state index is -0.926. The Bertz CT molecular complexity index is 1010. The van der Waals surface area contributed by atoms with Crippen LogP contribution in [0.25, 0.3) is 5.57 Å². The van der Waals surface area contributed by atoms with Crippen molar-refractivity contribution in [3.05, 3.63) is 70.3 Å². The van der Waals surface area contributed by atoms with Crippen molar-refractivity contribution in [3.8, 4) is 0 Å². The van der Waals surface area contributed by atoms with Crippen LogP contribution in [-0.2, 0) is 0 Å². The molecule has 0 radical (unpaired) electrons. The summed E-state index contributed by atoms with van der Waals surface area (Å²) in [6.45, 7) is 8.13. The predicted octanol–water partition coefficient (Wildman–Crippen LogP) is 5.19. The van der Waals surface area contributed by atoms with Crippen LogP contribution < -0.4 is 4.90 Å². The maximum atomic E-state index is 11.2. The second-order valence-electron chi connectivity index (χ2n) is 10.0. The van der Waals surface area contributed by atoms with Crippen LogP contribution >= 0.6 is 11.6 Å². The summed E-state index contributed by atoms with van der Waals surface area (Å²) in [6.07, 6.45) is 3.32. The molecule has 2 N–H and O–H groups in total. The van der Waals surface area contributed by atoms with E-state index in [0.29, 0.717) is 0 Å². The minimum absolute atomic E-state index is 0.0226. The van der Waals surface area contributed by atoms with E-state index in [4.69, 9.17) is 16.7 Å². The maximum absolute atomic E-state index is 11.2. The summed E-state index contributed by atoms with van der Waals surface area (Å²) in [4.78, 5) is 15.8. The van der Waals surface area contributed by atoms with E-state index in [1.807, 2.05) is 24.3 Å². The van der Waals surface area contributed by atoms with Crippen LogP contribution in [0.3, 0.4) is 0 Å². The minimum Gasteiger partial charge on any atom is -0.478 e.